The second kappa shape index (κ2) is 31.6. The fraction of sp³-hybridized carbons (Fsp3) is 0.719. The van der Waals surface area contributed by atoms with E-state index in [9.17, 15) is 37.2 Å². The third-order valence-corrected chi connectivity index (χ3v) is 14.6. The zero-order chi connectivity index (χ0) is 66.2. The van der Waals surface area contributed by atoms with Crippen LogP contribution in [0.5, 0.6) is 0 Å². The number of aryl methyl sites for hydroxylation is 2. The SMILES string of the molecule is Cc1ccc(S(=O)(=O)OCCCc2cc(CN3CCN(C(=O)OC(C)(C)C)CCN(C(=O)OC(C)(C)C)CCN(C(=O)OC(C)(C)C)CC3)cc(CN3CCN(C(=O)OC(C)(C)C)CCN(C(=O)OC(C)(C)C)CCN(C(=O)OC(C)(C)C)CC3)c2)cc1. The van der Waals surface area contributed by atoms with Crippen LogP contribution in [0.2, 0.25) is 0 Å². The Bertz CT molecular complexity index is 2510. The Morgan fingerprint density at radius 1 is 0.364 bits per heavy atom. The summed E-state index contributed by atoms with van der Waals surface area (Å²) in [6, 6.07) is 12.7. The average Bonchev–Trinajstić information content (AvgIpc) is 3.16. The van der Waals surface area contributed by atoms with E-state index in [1.54, 1.807) is 156 Å². The van der Waals surface area contributed by atoms with E-state index in [1.807, 2.05) is 6.92 Å². The molecule has 2 saturated heterocycles. The molecule has 88 heavy (non-hydrogen) atoms. The van der Waals surface area contributed by atoms with Gasteiger partial charge in [0.25, 0.3) is 10.1 Å². The van der Waals surface area contributed by atoms with Crippen molar-refractivity contribution in [3.8, 4) is 0 Å². The van der Waals surface area contributed by atoms with Crippen LogP contribution >= 0.6 is 0 Å². The lowest BCUT2D eigenvalue weighted by Gasteiger charge is -2.36. The number of amides is 6. The predicted molar refractivity (Wildman–Crippen MR) is 336 cm³/mol. The maximum absolute atomic E-state index is 14.0. The Morgan fingerprint density at radius 3 is 0.830 bits per heavy atom. The first kappa shape index (κ1) is 74.4. The molecule has 0 aromatic heterocycles. The maximum Gasteiger partial charge on any atom is 0.410 e. The minimum atomic E-state index is -4.05. The van der Waals surface area contributed by atoms with Crippen LogP contribution in [-0.2, 0) is 62.2 Å². The molecule has 23 nitrogen and oxygen atoms in total. The Hall–Kier alpha value is -6.11. The standard InChI is InChI=1S/C64H106N8O15S/c1-48-22-24-52(25-23-48)88(79,80)81-42-20-21-49-43-50(46-65-26-30-67(53(73)82-59(2,3)4)34-38-71(57(77)86-63(14,15)16)39-35-68(31-27-65)54(74)83-60(5,6)7)45-51(44-49)47-66-28-32-69(55(75)84-61(8,9)10)36-40-72(58(78)87-64(17,18)19)41-37-70(33-29-66)56(76)85-62(11,12)13/h22-25,43-45H,20-21,26-42,46-47H2,1-19H3. The van der Waals surface area contributed by atoms with Gasteiger partial charge in [0.15, 0.2) is 0 Å². The first-order chi connectivity index (χ1) is 40.4. The Morgan fingerprint density at radius 2 is 0.591 bits per heavy atom. The molecule has 24 heteroatoms. The van der Waals surface area contributed by atoms with Gasteiger partial charge in [-0.25, -0.2) is 28.8 Å². The molecule has 0 unspecified atom stereocenters. The van der Waals surface area contributed by atoms with Gasteiger partial charge < -0.3 is 57.8 Å². The molecule has 0 spiro atoms. The highest BCUT2D eigenvalue weighted by Crippen LogP contribution is 2.23. The molecule has 2 aliphatic rings. The van der Waals surface area contributed by atoms with Crippen molar-refractivity contribution < 1.29 is 69.8 Å². The van der Waals surface area contributed by atoms with Crippen LogP contribution < -0.4 is 0 Å². The number of carbonyl (C=O) groups excluding carboxylic acids is 6. The summed E-state index contributed by atoms with van der Waals surface area (Å²) in [6.07, 6.45) is -2.63. The van der Waals surface area contributed by atoms with Crippen molar-refractivity contribution in [3.05, 3.63) is 64.7 Å². The fourth-order valence-corrected chi connectivity index (χ4v) is 10.1. The lowest BCUT2D eigenvalue weighted by atomic mass is 10.0. The molecule has 0 aliphatic carbocycles. The summed E-state index contributed by atoms with van der Waals surface area (Å²) in [5, 5.41) is 0. The lowest BCUT2D eigenvalue weighted by molar-refractivity contribution is 0.00436. The molecule has 0 atom stereocenters. The second-order valence-electron chi connectivity index (χ2n) is 28.7. The molecule has 4 rings (SSSR count). The zero-order valence-electron chi connectivity index (χ0n) is 56.5. The van der Waals surface area contributed by atoms with Gasteiger partial charge in [-0.15, -0.1) is 0 Å². The van der Waals surface area contributed by atoms with E-state index in [2.05, 4.69) is 28.0 Å². The van der Waals surface area contributed by atoms with Crippen molar-refractivity contribution in [2.45, 2.75) is 196 Å². The molecule has 0 saturated carbocycles. The molecule has 2 fully saturated rings. The summed E-state index contributed by atoms with van der Waals surface area (Å²) >= 11 is 0. The van der Waals surface area contributed by atoms with E-state index in [1.165, 1.54) is 21.9 Å². The summed E-state index contributed by atoms with van der Waals surface area (Å²) in [6.45, 7) is 37.4. The number of benzene rings is 2. The van der Waals surface area contributed by atoms with Gasteiger partial charge in [0.05, 0.1) is 11.5 Å². The quantitative estimate of drug-likeness (QED) is 0.122. The third-order valence-electron chi connectivity index (χ3n) is 13.3. The topological polar surface area (TPSA) is 227 Å². The number of nitrogens with zero attached hydrogens (tertiary/aromatic N) is 8. The van der Waals surface area contributed by atoms with Crippen LogP contribution in [0.15, 0.2) is 47.4 Å². The molecule has 2 aromatic rings. The maximum atomic E-state index is 14.0. The third kappa shape index (κ3) is 28.6. The van der Waals surface area contributed by atoms with Crippen LogP contribution in [0.25, 0.3) is 0 Å². The monoisotopic (exact) mass is 1260 g/mol. The van der Waals surface area contributed by atoms with E-state index >= 15 is 0 Å². The van der Waals surface area contributed by atoms with E-state index in [0.717, 1.165) is 22.3 Å². The largest absolute Gasteiger partial charge is 0.444 e. The van der Waals surface area contributed by atoms with Gasteiger partial charge in [0.1, 0.15) is 33.6 Å². The molecule has 2 heterocycles. The van der Waals surface area contributed by atoms with Crippen molar-refractivity contribution in [1.29, 1.82) is 0 Å². The summed E-state index contributed by atoms with van der Waals surface area (Å²) in [5.74, 6) is 0. The van der Waals surface area contributed by atoms with Gasteiger partial charge in [0.2, 0.25) is 0 Å². The number of carbonyl (C=O) groups is 6. The van der Waals surface area contributed by atoms with E-state index < -0.39 is 80.3 Å². The summed E-state index contributed by atoms with van der Waals surface area (Å²) < 4.78 is 67.4. The molecule has 0 N–H and O–H groups in total. The minimum Gasteiger partial charge on any atom is -0.444 e. The second-order valence-corrected chi connectivity index (χ2v) is 30.3. The molecule has 2 aliphatic heterocycles. The van der Waals surface area contributed by atoms with Crippen molar-refractivity contribution in [1.82, 2.24) is 39.2 Å². The molecule has 6 amide bonds. The fourth-order valence-electron chi connectivity index (χ4n) is 9.18. The average molecular weight is 1260 g/mol. The van der Waals surface area contributed by atoms with Crippen molar-refractivity contribution >= 4 is 46.7 Å². The highest BCUT2D eigenvalue weighted by molar-refractivity contribution is 7.86. The van der Waals surface area contributed by atoms with Gasteiger partial charge in [-0.1, -0.05) is 35.9 Å². The van der Waals surface area contributed by atoms with Crippen molar-refractivity contribution in [2.75, 3.05) is 111 Å². The summed E-state index contributed by atoms with van der Waals surface area (Å²) in [4.78, 5) is 97.3. The van der Waals surface area contributed by atoms with Crippen molar-refractivity contribution in [2.24, 2.45) is 0 Å². The normalized spacial score (nSPS) is 16.9. The Balaban J connectivity index is 1.83. The summed E-state index contributed by atoms with van der Waals surface area (Å²) in [7, 11) is -4.05. The molecule has 2 aromatic carbocycles. The number of hydrogen-bond donors (Lipinski definition) is 0. The van der Waals surface area contributed by atoms with Crippen molar-refractivity contribution in [3.63, 3.8) is 0 Å². The molecule has 0 bridgehead atoms. The Kier molecular flexibility index (Phi) is 26.7. The Labute approximate surface area is 525 Å². The molecular weight excluding hydrogens is 1150 g/mol. The highest BCUT2D eigenvalue weighted by atomic mass is 32.2. The zero-order valence-corrected chi connectivity index (χ0v) is 57.3. The van der Waals surface area contributed by atoms with E-state index in [4.69, 9.17) is 32.6 Å². The van der Waals surface area contributed by atoms with Crippen LogP contribution in [-0.4, -0.2) is 229 Å². The van der Waals surface area contributed by atoms with Gasteiger partial charge in [-0.3, -0.25) is 14.0 Å². The van der Waals surface area contributed by atoms with Gasteiger partial charge in [0, 0.05) is 118 Å². The minimum absolute atomic E-state index is 0.0613. The smallest absolute Gasteiger partial charge is 0.410 e. The summed E-state index contributed by atoms with van der Waals surface area (Å²) in [5.41, 5.74) is -1.35. The van der Waals surface area contributed by atoms with Crippen LogP contribution in [0, 0.1) is 6.92 Å². The lowest BCUT2D eigenvalue weighted by Crippen LogP contribution is -2.51. The van der Waals surface area contributed by atoms with E-state index in [0.29, 0.717) is 52.1 Å². The predicted octanol–water partition coefficient (Wildman–Crippen LogP) is 10.4. The number of hydrogen-bond acceptors (Lipinski definition) is 17. The van der Waals surface area contributed by atoms with Crippen LogP contribution in [0.3, 0.4) is 0 Å². The first-order valence-corrected chi connectivity index (χ1v) is 32.2. The number of rotatable bonds is 10. The van der Waals surface area contributed by atoms with Gasteiger partial charge in [-0.05, 0) is 173 Å². The molecule has 498 valence electrons. The van der Waals surface area contributed by atoms with E-state index in [-0.39, 0.29) is 90.0 Å². The van der Waals surface area contributed by atoms with Crippen LogP contribution in [0.1, 0.15) is 153 Å². The van der Waals surface area contributed by atoms with Gasteiger partial charge in [-0.2, -0.15) is 8.42 Å². The first-order valence-electron chi connectivity index (χ1n) is 30.8. The highest BCUT2D eigenvalue weighted by Gasteiger charge is 2.33. The van der Waals surface area contributed by atoms with Gasteiger partial charge >= 0.3 is 36.6 Å². The van der Waals surface area contributed by atoms with Crippen LogP contribution in [0.4, 0.5) is 28.8 Å². The molecular formula is C64H106N8O15S. The molecule has 0 radical (unpaired) electrons. The number of ether oxygens (including phenoxy) is 6.